The van der Waals surface area contributed by atoms with Crippen LogP contribution >= 0.6 is 15.9 Å². The topological polar surface area (TPSA) is 47.3 Å². The minimum atomic E-state index is 0.200. The zero-order valence-electron chi connectivity index (χ0n) is 11.0. The van der Waals surface area contributed by atoms with E-state index in [1.165, 1.54) is 5.56 Å². The van der Waals surface area contributed by atoms with Crippen molar-refractivity contribution in [2.24, 2.45) is 0 Å². The van der Waals surface area contributed by atoms with E-state index < -0.39 is 0 Å². The number of hydrogen-bond acceptors (Lipinski definition) is 3. The summed E-state index contributed by atoms with van der Waals surface area (Å²) < 4.78 is 6.12. The van der Waals surface area contributed by atoms with Crippen molar-refractivity contribution in [2.75, 3.05) is 18.2 Å². The largest absolute Gasteiger partial charge is 0.497 e. The van der Waals surface area contributed by atoms with Gasteiger partial charge in [0.05, 0.1) is 7.11 Å². The summed E-state index contributed by atoms with van der Waals surface area (Å²) >= 11 is 3.51. The maximum absolute atomic E-state index is 5.73. The van der Waals surface area contributed by atoms with E-state index in [-0.39, 0.29) is 6.04 Å². The Labute approximate surface area is 121 Å². The van der Waals surface area contributed by atoms with Gasteiger partial charge in [0.1, 0.15) is 5.75 Å². The molecule has 0 bridgehead atoms. The zero-order chi connectivity index (χ0) is 13.8. The van der Waals surface area contributed by atoms with Gasteiger partial charge in [-0.05, 0) is 58.7 Å². The third kappa shape index (κ3) is 3.41. The lowest BCUT2D eigenvalue weighted by atomic mass is 10.1. The van der Waals surface area contributed by atoms with Gasteiger partial charge < -0.3 is 15.8 Å². The van der Waals surface area contributed by atoms with E-state index in [0.717, 1.165) is 21.6 Å². The molecule has 2 aromatic carbocycles. The monoisotopic (exact) mass is 320 g/mol. The van der Waals surface area contributed by atoms with E-state index >= 15 is 0 Å². The summed E-state index contributed by atoms with van der Waals surface area (Å²) in [6, 6.07) is 14.0. The number of nitrogen functional groups attached to an aromatic ring is 1. The Morgan fingerprint density at radius 2 is 1.84 bits per heavy atom. The average molecular weight is 321 g/mol. The van der Waals surface area contributed by atoms with Crippen LogP contribution in [0.5, 0.6) is 5.75 Å². The highest BCUT2D eigenvalue weighted by molar-refractivity contribution is 9.10. The van der Waals surface area contributed by atoms with Gasteiger partial charge in [-0.25, -0.2) is 0 Å². The summed E-state index contributed by atoms with van der Waals surface area (Å²) in [5.74, 6) is 0.865. The van der Waals surface area contributed by atoms with Crippen molar-refractivity contribution in [1.29, 1.82) is 0 Å². The SMILES string of the molecule is COc1ccc(C(C)Nc2ccc(N)cc2Br)cc1. The minimum absolute atomic E-state index is 0.200. The Kier molecular flexibility index (Phi) is 4.32. The minimum Gasteiger partial charge on any atom is -0.497 e. The molecule has 0 radical (unpaired) electrons. The Hall–Kier alpha value is -1.68. The van der Waals surface area contributed by atoms with Crippen LogP contribution in [0.15, 0.2) is 46.9 Å². The van der Waals surface area contributed by atoms with Crippen molar-refractivity contribution in [3.63, 3.8) is 0 Å². The van der Waals surface area contributed by atoms with Crippen molar-refractivity contribution in [2.45, 2.75) is 13.0 Å². The first kappa shape index (κ1) is 13.7. The van der Waals surface area contributed by atoms with Crippen LogP contribution in [0.25, 0.3) is 0 Å². The molecule has 0 fully saturated rings. The van der Waals surface area contributed by atoms with Crippen molar-refractivity contribution in [3.8, 4) is 5.75 Å². The van der Waals surface area contributed by atoms with Crippen LogP contribution in [0.2, 0.25) is 0 Å². The molecule has 0 aromatic heterocycles. The first-order valence-corrected chi connectivity index (χ1v) is 6.85. The molecule has 100 valence electrons. The third-order valence-corrected chi connectivity index (χ3v) is 3.64. The first-order valence-electron chi connectivity index (χ1n) is 6.05. The molecule has 3 N–H and O–H groups in total. The second kappa shape index (κ2) is 5.97. The molecule has 0 aliphatic carbocycles. The maximum atomic E-state index is 5.73. The van der Waals surface area contributed by atoms with Gasteiger partial charge in [-0.15, -0.1) is 0 Å². The van der Waals surface area contributed by atoms with Crippen LogP contribution in [-0.2, 0) is 0 Å². The second-order valence-electron chi connectivity index (χ2n) is 4.38. The molecule has 1 atom stereocenters. The number of rotatable bonds is 4. The molecule has 2 aromatic rings. The highest BCUT2D eigenvalue weighted by atomic mass is 79.9. The number of nitrogens with one attached hydrogen (secondary N) is 1. The fraction of sp³-hybridized carbons (Fsp3) is 0.200. The summed E-state index contributed by atoms with van der Waals surface area (Å²) in [6.45, 7) is 2.12. The lowest BCUT2D eigenvalue weighted by Crippen LogP contribution is -2.07. The smallest absolute Gasteiger partial charge is 0.118 e. The van der Waals surface area contributed by atoms with E-state index in [2.05, 4.69) is 40.3 Å². The molecular weight excluding hydrogens is 304 g/mol. The van der Waals surface area contributed by atoms with Gasteiger partial charge in [0.2, 0.25) is 0 Å². The highest BCUT2D eigenvalue weighted by Crippen LogP contribution is 2.28. The molecule has 0 saturated heterocycles. The normalized spacial score (nSPS) is 11.9. The molecule has 19 heavy (non-hydrogen) atoms. The first-order chi connectivity index (χ1) is 9.10. The molecule has 3 nitrogen and oxygen atoms in total. The molecule has 2 rings (SSSR count). The summed E-state index contributed by atoms with van der Waals surface area (Å²) in [7, 11) is 1.67. The van der Waals surface area contributed by atoms with Crippen molar-refractivity contribution >= 4 is 27.3 Å². The van der Waals surface area contributed by atoms with Crippen LogP contribution in [-0.4, -0.2) is 7.11 Å². The van der Waals surface area contributed by atoms with E-state index in [4.69, 9.17) is 10.5 Å². The molecule has 4 heteroatoms. The fourth-order valence-corrected chi connectivity index (χ4v) is 2.37. The number of methoxy groups -OCH3 is 1. The average Bonchev–Trinajstić information content (AvgIpc) is 2.42. The predicted molar refractivity (Wildman–Crippen MR) is 83.6 cm³/mol. The van der Waals surface area contributed by atoms with Gasteiger partial charge in [-0.1, -0.05) is 12.1 Å². The number of nitrogens with two attached hydrogens (primary N) is 1. The highest BCUT2D eigenvalue weighted by Gasteiger charge is 2.07. The standard InChI is InChI=1S/C15H17BrN2O/c1-10(11-3-6-13(19-2)7-4-11)18-15-8-5-12(17)9-14(15)16/h3-10,18H,17H2,1-2H3. The van der Waals surface area contributed by atoms with Gasteiger partial charge in [0, 0.05) is 21.9 Å². The number of benzene rings is 2. The number of halogens is 1. The predicted octanol–water partition coefficient (Wildman–Crippen LogP) is 4.21. The van der Waals surface area contributed by atoms with Crippen LogP contribution in [0, 0.1) is 0 Å². The Morgan fingerprint density at radius 3 is 2.42 bits per heavy atom. The molecule has 1 unspecified atom stereocenters. The fourth-order valence-electron chi connectivity index (χ4n) is 1.86. The summed E-state index contributed by atoms with van der Waals surface area (Å²) in [5.41, 5.74) is 8.70. The van der Waals surface area contributed by atoms with Gasteiger partial charge in [-0.3, -0.25) is 0 Å². The van der Waals surface area contributed by atoms with Crippen LogP contribution in [0.4, 0.5) is 11.4 Å². The van der Waals surface area contributed by atoms with Crippen LogP contribution < -0.4 is 15.8 Å². The molecule has 0 saturated carbocycles. The van der Waals surface area contributed by atoms with Gasteiger partial charge >= 0.3 is 0 Å². The summed E-state index contributed by atoms with van der Waals surface area (Å²) in [4.78, 5) is 0. The van der Waals surface area contributed by atoms with Gasteiger partial charge in [0.15, 0.2) is 0 Å². The van der Waals surface area contributed by atoms with Gasteiger partial charge in [0.25, 0.3) is 0 Å². The van der Waals surface area contributed by atoms with E-state index in [1.54, 1.807) is 7.11 Å². The molecule has 0 aliphatic rings. The maximum Gasteiger partial charge on any atom is 0.118 e. The molecule has 0 aliphatic heterocycles. The van der Waals surface area contributed by atoms with Crippen LogP contribution in [0.1, 0.15) is 18.5 Å². The van der Waals surface area contributed by atoms with Gasteiger partial charge in [-0.2, -0.15) is 0 Å². The van der Waals surface area contributed by atoms with Crippen molar-refractivity contribution < 1.29 is 4.74 Å². The van der Waals surface area contributed by atoms with E-state index in [9.17, 15) is 0 Å². The number of hydrogen-bond donors (Lipinski definition) is 2. The Bertz CT molecular complexity index is 555. The van der Waals surface area contributed by atoms with Crippen molar-refractivity contribution in [3.05, 3.63) is 52.5 Å². The quantitative estimate of drug-likeness (QED) is 0.829. The van der Waals surface area contributed by atoms with E-state index in [0.29, 0.717) is 0 Å². The third-order valence-electron chi connectivity index (χ3n) is 2.98. The number of anilines is 2. The summed E-state index contributed by atoms with van der Waals surface area (Å²) in [6.07, 6.45) is 0. The molecular formula is C15H17BrN2O. The summed E-state index contributed by atoms with van der Waals surface area (Å²) in [5, 5.41) is 3.45. The lowest BCUT2D eigenvalue weighted by molar-refractivity contribution is 0.414. The van der Waals surface area contributed by atoms with Crippen molar-refractivity contribution in [1.82, 2.24) is 0 Å². The number of ether oxygens (including phenoxy) is 1. The molecule has 0 amide bonds. The van der Waals surface area contributed by atoms with Crippen LogP contribution in [0.3, 0.4) is 0 Å². The molecule has 0 heterocycles. The lowest BCUT2D eigenvalue weighted by Gasteiger charge is -2.17. The molecule has 0 spiro atoms. The zero-order valence-corrected chi connectivity index (χ0v) is 12.6. The second-order valence-corrected chi connectivity index (χ2v) is 5.23. The van der Waals surface area contributed by atoms with E-state index in [1.807, 2.05) is 30.3 Å². The Morgan fingerprint density at radius 1 is 1.16 bits per heavy atom. The Balaban J connectivity index is 2.13.